The molecule has 0 amide bonds. The third kappa shape index (κ3) is 4.56. The number of carbonyl (C=O) groups is 1. The first kappa shape index (κ1) is 22.1. The van der Waals surface area contributed by atoms with Gasteiger partial charge in [0, 0.05) is 24.9 Å². The molecule has 2 aromatic heterocycles. The summed E-state index contributed by atoms with van der Waals surface area (Å²) in [5.74, 6) is -3.29. The van der Waals surface area contributed by atoms with Crippen LogP contribution in [-0.4, -0.2) is 27.9 Å². The molecule has 1 fully saturated rings. The first-order valence-corrected chi connectivity index (χ1v) is 10.3. The number of ketones is 1. The average Bonchev–Trinajstić information content (AvgIpc) is 2.74. The van der Waals surface area contributed by atoms with E-state index < -0.39 is 34.5 Å². The molecule has 166 valence electrons. The van der Waals surface area contributed by atoms with Gasteiger partial charge in [-0.25, -0.2) is 18.2 Å². The number of pyridine rings is 2. The van der Waals surface area contributed by atoms with E-state index in [4.69, 9.17) is 10.5 Å². The fourth-order valence-electron chi connectivity index (χ4n) is 4.05. The Morgan fingerprint density at radius 1 is 1.09 bits per heavy atom. The second kappa shape index (κ2) is 9.18. The van der Waals surface area contributed by atoms with Crippen LogP contribution in [0.15, 0.2) is 48.8 Å². The predicted molar refractivity (Wildman–Crippen MR) is 112 cm³/mol. The molecule has 32 heavy (non-hydrogen) atoms. The zero-order valence-corrected chi connectivity index (χ0v) is 17.4. The van der Waals surface area contributed by atoms with Crippen molar-refractivity contribution in [1.29, 1.82) is 0 Å². The fraction of sp³-hybridized carbons (Fsp3) is 0.292. The second-order valence-electron chi connectivity index (χ2n) is 7.96. The number of Topliss-reactive ketones (excluding diaryl/α,β-unsaturated/α-hetero) is 1. The van der Waals surface area contributed by atoms with Gasteiger partial charge in [0.15, 0.2) is 5.78 Å². The second-order valence-corrected chi connectivity index (χ2v) is 7.96. The van der Waals surface area contributed by atoms with Gasteiger partial charge >= 0.3 is 0 Å². The molecule has 1 aliphatic rings. The summed E-state index contributed by atoms with van der Waals surface area (Å²) in [7, 11) is 0. The van der Waals surface area contributed by atoms with Gasteiger partial charge in [-0.3, -0.25) is 9.78 Å². The molecule has 0 unspecified atom stereocenters. The van der Waals surface area contributed by atoms with Crippen molar-refractivity contribution in [2.24, 2.45) is 5.73 Å². The Balaban J connectivity index is 1.64. The molecule has 4 rings (SSSR count). The third-order valence-corrected chi connectivity index (χ3v) is 5.52. The van der Waals surface area contributed by atoms with Crippen molar-refractivity contribution in [3.05, 3.63) is 83.1 Å². The number of nitrogens with zero attached hydrogens (tertiary/aromatic N) is 2. The van der Waals surface area contributed by atoms with Crippen molar-refractivity contribution < 1.29 is 22.7 Å². The lowest BCUT2D eigenvalue weighted by Gasteiger charge is -2.33. The van der Waals surface area contributed by atoms with Crippen LogP contribution in [0.4, 0.5) is 13.2 Å². The molecule has 0 aliphatic carbocycles. The number of carbonyl (C=O) groups excluding carboxylic acids is 1. The van der Waals surface area contributed by atoms with Crippen LogP contribution < -0.4 is 5.73 Å². The van der Waals surface area contributed by atoms with Gasteiger partial charge in [0.1, 0.15) is 28.8 Å². The normalized spacial score (nSPS) is 20.8. The number of nitrogens with two attached hydrogens (primary N) is 1. The van der Waals surface area contributed by atoms with Crippen LogP contribution in [0.2, 0.25) is 0 Å². The molecular weight excluding hydrogens is 419 g/mol. The Bertz CT molecular complexity index is 1120. The summed E-state index contributed by atoms with van der Waals surface area (Å²) in [5, 5.41) is 0. The monoisotopic (exact) mass is 441 g/mol. The molecule has 2 N–H and O–H groups in total. The number of hydrogen-bond donors (Lipinski definition) is 1. The number of hydrogen-bond acceptors (Lipinski definition) is 5. The minimum absolute atomic E-state index is 0.0162. The van der Waals surface area contributed by atoms with Crippen molar-refractivity contribution in [2.75, 3.05) is 0 Å². The van der Waals surface area contributed by atoms with Crippen molar-refractivity contribution in [3.63, 3.8) is 0 Å². The predicted octanol–water partition coefficient (Wildman–Crippen LogP) is 4.55. The minimum Gasteiger partial charge on any atom is -0.370 e. The van der Waals surface area contributed by atoms with Gasteiger partial charge in [0.25, 0.3) is 0 Å². The van der Waals surface area contributed by atoms with E-state index in [1.54, 1.807) is 18.5 Å². The zero-order chi connectivity index (χ0) is 22.8. The van der Waals surface area contributed by atoms with E-state index in [1.165, 1.54) is 12.1 Å². The lowest BCUT2D eigenvalue weighted by molar-refractivity contribution is -0.0490. The molecule has 1 aliphatic heterocycles. The summed E-state index contributed by atoms with van der Waals surface area (Å²) < 4.78 is 48.7. The molecule has 5 nitrogen and oxygen atoms in total. The maximum atomic E-state index is 14.3. The highest BCUT2D eigenvalue weighted by Gasteiger charge is 2.28. The summed E-state index contributed by atoms with van der Waals surface area (Å²) in [5.41, 5.74) is 6.31. The van der Waals surface area contributed by atoms with E-state index in [-0.39, 0.29) is 30.4 Å². The molecule has 1 saturated heterocycles. The van der Waals surface area contributed by atoms with Gasteiger partial charge in [-0.1, -0.05) is 6.07 Å². The van der Waals surface area contributed by atoms with Crippen molar-refractivity contribution in [2.45, 2.75) is 44.4 Å². The van der Waals surface area contributed by atoms with Crippen molar-refractivity contribution in [1.82, 2.24) is 9.97 Å². The van der Waals surface area contributed by atoms with Crippen molar-refractivity contribution in [3.8, 4) is 11.3 Å². The topological polar surface area (TPSA) is 78.1 Å². The van der Waals surface area contributed by atoms with Gasteiger partial charge in [0.05, 0.1) is 17.8 Å². The molecule has 0 bridgehead atoms. The highest BCUT2D eigenvalue weighted by atomic mass is 19.1. The molecular formula is C24H22F3N3O2. The molecule has 0 saturated carbocycles. The van der Waals surface area contributed by atoms with E-state index in [0.717, 1.165) is 30.2 Å². The van der Waals surface area contributed by atoms with Gasteiger partial charge in [-0.15, -0.1) is 0 Å². The first-order chi connectivity index (χ1) is 15.3. The van der Waals surface area contributed by atoms with E-state index in [9.17, 15) is 18.0 Å². The van der Waals surface area contributed by atoms with E-state index in [0.29, 0.717) is 12.0 Å². The van der Waals surface area contributed by atoms with Gasteiger partial charge in [0.2, 0.25) is 0 Å². The molecule has 0 spiro atoms. The molecule has 1 aromatic carbocycles. The number of rotatable bonds is 5. The lowest BCUT2D eigenvalue weighted by Crippen LogP contribution is -2.35. The fourth-order valence-corrected chi connectivity index (χ4v) is 4.05. The summed E-state index contributed by atoms with van der Waals surface area (Å²) >= 11 is 0. The number of benzene rings is 1. The van der Waals surface area contributed by atoms with E-state index >= 15 is 0 Å². The Labute approximate surface area is 183 Å². The maximum absolute atomic E-state index is 14.3. The Kier molecular flexibility index (Phi) is 6.34. The standard InChI is InChI=1S/C24H22F3N3O2/c1-13-9-15(28)11-22(32-13)16-7-8-29-12-14(16)10-21(31)20-6-5-19(27)24(30-20)23-17(25)3-2-4-18(23)26/h2-8,12-13,15,22H,9-11,28H2,1H3/t13-,15+,22-/m1/s1. The van der Waals surface area contributed by atoms with Crippen LogP contribution >= 0.6 is 0 Å². The summed E-state index contributed by atoms with van der Waals surface area (Å²) in [6.45, 7) is 1.95. The quantitative estimate of drug-likeness (QED) is 0.588. The van der Waals surface area contributed by atoms with Gasteiger partial charge in [-0.2, -0.15) is 0 Å². The molecule has 3 heterocycles. The van der Waals surface area contributed by atoms with Gasteiger partial charge < -0.3 is 10.5 Å². The summed E-state index contributed by atoms with van der Waals surface area (Å²) in [6, 6.07) is 7.14. The maximum Gasteiger partial charge on any atom is 0.185 e. The number of ether oxygens (including phenoxy) is 1. The Morgan fingerprint density at radius 2 is 1.84 bits per heavy atom. The van der Waals surface area contributed by atoms with Crippen LogP contribution in [0, 0.1) is 17.5 Å². The average molecular weight is 441 g/mol. The summed E-state index contributed by atoms with van der Waals surface area (Å²) in [4.78, 5) is 21.0. The minimum atomic E-state index is -0.963. The molecule has 3 atom stereocenters. The van der Waals surface area contributed by atoms with Crippen LogP contribution in [0.5, 0.6) is 0 Å². The highest BCUT2D eigenvalue weighted by Crippen LogP contribution is 2.33. The molecule has 0 radical (unpaired) electrons. The summed E-state index contributed by atoms with van der Waals surface area (Å²) in [6.07, 6.45) is 4.19. The number of halogens is 3. The first-order valence-electron chi connectivity index (χ1n) is 10.3. The Morgan fingerprint density at radius 3 is 2.56 bits per heavy atom. The zero-order valence-electron chi connectivity index (χ0n) is 17.4. The lowest BCUT2D eigenvalue weighted by atomic mass is 9.91. The number of aromatic nitrogens is 2. The molecule has 3 aromatic rings. The smallest absolute Gasteiger partial charge is 0.185 e. The van der Waals surface area contributed by atoms with Crippen LogP contribution in [0.1, 0.15) is 47.5 Å². The van der Waals surface area contributed by atoms with Crippen LogP contribution in [0.3, 0.4) is 0 Å². The van der Waals surface area contributed by atoms with Crippen molar-refractivity contribution >= 4 is 5.78 Å². The van der Waals surface area contributed by atoms with Crippen LogP contribution in [-0.2, 0) is 11.2 Å². The Hall–Kier alpha value is -3.10. The van der Waals surface area contributed by atoms with E-state index in [2.05, 4.69) is 9.97 Å². The largest absolute Gasteiger partial charge is 0.370 e. The van der Waals surface area contributed by atoms with Crippen LogP contribution in [0.25, 0.3) is 11.3 Å². The molecule has 8 heteroatoms. The third-order valence-electron chi connectivity index (χ3n) is 5.52. The van der Waals surface area contributed by atoms with E-state index in [1.807, 2.05) is 6.92 Å². The van der Waals surface area contributed by atoms with Gasteiger partial charge in [-0.05, 0) is 61.2 Å². The highest BCUT2D eigenvalue weighted by molar-refractivity contribution is 5.96. The SMILES string of the molecule is C[C@@H]1C[C@H](N)C[C@H](c2ccncc2CC(=O)c2ccc(F)c(-c3c(F)cccc3F)n2)O1.